The minimum absolute atomic E-state index is 0.0502. The van der Waals surface area contributed by atoms with Gasteiger partial charge in [0, 0.05) is 6.42 Å². The number of nitrogens with one attached hydrogen (secondary N) is 1. The molecule has 0 aliphatic carbocycles. The van der Waals surface area contributed by atoms with Crippen molar-refractivity contribution in [3.8, 4) is 5.75 Å². The molecule has 0 radical (unpaired) electrons. The van der Waals surface area contributed by atoms with Gasteiger partial charge in [-0.3, -0.25) is 34.2 Å². The van der Waals surface area contributed by atoms with Crippen LogP contribution in [0.25, 0.3) is 0 Å². The molecule has 0 saturated carbocycles. The summed E-state index contributed by atoms with van der Waals surface area (Å²) in [5.74, 6) is -2.63. The number of hydrogen-bond donors (Lipinski definition) is 2. The number of nitrogens with two attached hydrogens (primary N) is 1. The van der Waals surface area contributed by atoms with Gasteiger partial charge in [0.05, 0.1) is 57.4 Å². The Morgan fingerprint density at radius 3 is 2.11 bits per heavy atom. The van der Waals surface area contributed by atoms with Gasteiger partial charge in [-0.2, -0.15) is 0 Å². The smallest absolute Gasteiger partial charge is 0.266 e. The molecule has 2 heterocycles. The quantitative estimate of drug-likeness (QED) is 0.209. The molecule has 2 aliphatic rings. The van der Waals surface area contributed by atoms with E-state index >= 15 is 0 Å². The highest BCUT2D eigenvalue weighted by atomic mass is 16.6. The van der Waals surface area contributed by atoms with Crippen LogP contribution in [0.5, 0.6) is 5.75 Å². The molecular weight excluding hydrogens is 478 g/mol. The van der Waals surface area contributed by atoms with Crippen molar-refractivity contribution < 1.29 is 47.7 Å². The second-order valence-electron chi connectivity index (χ2n) is 7.83. The molecule has 13 nitrogen and oxygen atoms in total. The summed E-state index contributed by atoms with van der Waals surface area (Å²) in [6.07, 6.45) is 0.133. The zero-order chi connectivity index (χ0) is 25.9. The second-order valence-corrected chi connectivity index (χ2v) is 7.83. The Morgan fingerprint density at radius 2 is 1.50 bits per heavy atom. The van der Waals surface area contributed by atoms with Gasteiger partial charge in [-0.05, 0) is 18.6 Å². The van der Waals surface area contributed by atoms with E-state index < -0.39 is 35.6 Å². The summed E-state index contributed by atoms with van der Waals surface area (Å²) in [7, 11) is 0. The highest BCUT2D eigenvalue weighted by Crippen LogP contribution is 2.33. The molecule has 1 unspecified atom stereocenters. The second kappa shape index (κ2) is 13.6. The molecule has 196 valence electrons. The minimum atomic E-state index is -1.04. The van der Waals surface area contributed by atoms with Gasteiger partial charge in [0.2, 0.25) is 17.7 Å². The summed E-state index contributed by atoms with van der Waals surface area (Å²) >= 11 is 0. The molecule has 1 saturated heterocycles. The fourth-order valence-electron chi connectivity index (χ4n) is 3.65. The van der Waals surface area contributed by atoms with E-state index in [1.54, 1.807) is 12.1 Å². The summed E-state index contributed by atoms with van der Waals surface area (Å²) in [6.45, 7) is 2.21. The van der Waals surface area contributed by atoms with Crippen LogP contribution in [-0.4, -0.2) is 99.9 Å². The van der Waals surface area contributed by atoms with E-state index in [0.717, 1.165) is 4.90 Å². The number of primary amides is 1. The molecule has 3 rings (SSSR count). The Morgan fingerprint density at radius 1 is 0.889 bits per heavy atom. The molecule has 5 amide bonds. The molecule has 36 heavy (non-hydrogen) atoms. The van der Waals surface area contributed by atoms with Gasteiger partial charge in [0.25, 0.3) is 11.8 Å². The van der Waals surface area contributed by atoms with Gasteiger partial charge < -0.3 is 29.4 Å². The SMILES string of the molecule is NC(=O)COCCOCCOCCOCCOc1cccc2c1C(=O)N(C1CCC(=O)NC1=O)C2=O. The molecule has 3 N–H and O–H groups in total. The zero-order valence-electron chi connectivity index (χ0n) is 19.7. The molecular formula is C23H29N3O10. The third-order valence-corrected chi connectivity index (χ3v) is 5.28. The van der Waals surface area contributed by atoms with Crippen LogP contribution in [0.3, 0.4) is 0 Å². The van der Waals surface area contributed by atoms with Crippen molar-refractivity contribution in [3.63, 3.8) is 0 Å². The minimum Gasteiger partial charge on any atom is -0.490 e. The van der Waals surface area contributed by atoms with Gasteiger partial charge in [0.15, 0.2) is 0 Å². The highest BCUT2D eigenvalue weighted by molar-refractivity contribution is 6.24. The number of carbonyl (C=O) groups is 5. The van der Waals surface area contributed by atoms with E-state index in [0.29, 0.717) is 33.0 Å². The molecule has 13 heteroatoms. The van der Waals surface area contributed by atoms with E-state index in [-0.39, 0.29) is 56.1 Å². The van der Waals surface area contributed by atoms with E-state index in [9.17, 15) is 24.0 Å². The zero-order valence-corrected chi connectivity index (χ0v) is 19.7. The van der Waals surface area contributed by atoms with E-state index in [1.807, 2.05) is 0 Å². The Kier molecular flexibility index (Phi) is 10.3. The average Bonchev–Trinajstić information content (AvgIpc) is 3.09. The fraction of sp³-hybridized carbons (Fsp3) is 0.522. The van der Waals surface area contributed by atoms with E-state index in [1.165, 1.54) is 6.07 Å². The molecule has 1 atom stereocenters. The summed E-state index contributed by atoms with van der Waals surface area (Å²) in [5.41, 5.74) is 5.18. The van der Waals surface area contributed by atoms with Gasteiger partial charge in [-0.1, -0.05) is 6.07 Å². The first-order valence-corrected chi connectivity index (χ1v) is 11.5. The first-order valence-electron chi connectivity index (χ1n) is 11.5. The first kappa shape index (κ1) is 27.2. The van der Waals surface area contributed by atoms with Crippen LogP contribution < -0.4 is 15.8 Å². The largest absolute Gasteiger partial charge is 0.490 e. The van der Waals surface area contributed by atoms with Crippen LogP contribution in [-0.2, 0) is 33.3 Å². The predicted molar refractivity (Wildman–Crippen MR) is 121 cm³/mol. The fourth-order valence-corrected chi connectivity index (χ4v) is 3.65. The number of amides is 5. The maximum absolute atomic E-state index is 13.0. The molecule has 0 spiro atoms. The monoisotopic (exact) mass is 507 g/mol. The average molecular weight is 507 g/mol. The number of fused-ring (bicyclic) bond motifs is 1. The van der Waals surface area contributed by atoms with Crippen molar-refractivity contribution in [1.29, 1.82) is 0 Å². The molecule has 0 aromatic heterocycles. The number of piperidine rings is 1. The van der Waals surface area contributed by atoms with Crippen molar-refractivity contribution >= 4 is 29.5 Å². The number of ether oxygens (including phenoxy) is 5. The summed E-state index contributed by atoms with van der Waals surface area (Å²) in [6, 6.07) is 3.63. The summed E-state index contributed by atoms with van der Waals surface area (Å²) in [4.78, 5) is 60.8. The normalized spacial score (nSPS) is 17.3. The third kappa shape index (κ3) is 7.31. The Hall–Kier alpha value is -3.39. The third-order valence-electron chi connectivity index (χ3n) is 5.28. The molecule has 1 aromatic carbocycles. The van der Waals surface area contributed by atoms with Crippen molar-refractivity contribution in [3.05, 3.63) is 29.3 Å². The van der Waals surface area contributed by atoms with Crippen LogP contribution in [0.1, 0.15) is 33.6 Å². The Labute approximate surface area is 207 Å². The van der Waals surface area contributed by atoms with Gasteiger partial charge in [0.1, 0.15) is 25.0 Å². The predicted octanol–water partition coefficient (Wildman–Crippen LogP) is -0.982. The van der Waals surface area contributed by atoms with Crippen molar-refractivity contribution in [1.82, 2.24) is 10.2 Å². The van der Waals surface area contributed by atoms with Crippen LogP contribution in [0.15, 0.2) is 18.2 Å². The maximum atomic E-state index is 13.0. The van der Waals surface area contributed by atoms with Crippen molar-refractivity contribution in [2.75, 3.05) is 59.5 Å². The number of rotatable bonds is 16. The summed E-state index contributed by atoms with van der Waals surface area (Å²) in [5, 5.41) is 2.16. The molecule has 1 aromatic rings. The highest BCUT2D eigenvalue weighted by Gasteiger charge is 2.45. The standard InChI is InChI=1S/C23H29N3O10/c24-18(27)14-35-11-10-33-7-6-32-8-9-34-12-13-36-17-3-1-2-15-20(17)23(31)26(22(15)30)16-4-5-19(28)25-21(16)29/h1-3,16H,4-14H2,(H2,24,27)(H,25,28,29). The lowest BCUT2D eigenvalue weighted by Crippen LogP contribution is -2.54. The maximum Gasteiger partial charge on any atom is 0.266 e. The Bertz CT molecular complexity index is 983. The summed E-state index contributed by atoms with van der Waals surface area (Å²) < 4.78 is 26.7. The Balaban J connectivity index is 1.33. The molecule has 0 bridgehead atoms. The lowest BCUT2D eigenvalue weighted by atomic mass is 10.0. The van der Waals surface area contributed by atoms with Gasteiger partial charge in [-0.25, -0.2) is 0 Å². The van der Waals surface area contributed by atoms with Crippen molar-refractivity contribution in [2.45, 2.75) is 18.9 Å². The lowest BCUT2D eigenvalue weighted by molar-refractivity contribution is -0.136. The number of imide groups is 2. The van der Waals surface area contributed by atoms with Gasteiger partial charge in [-0.15, -0.1) is 0 Å². The van der Waals surface area contributed by atoms with Crippen LogP contribution in [0, 0.1) is 0 Å². The van der Waals surface area contributed by atoms with Crippen LogP contribution in [0.4, 0.5) is 0 Å². The van der Waals surface area contributed by atoms with Crippen LogP contribution >= 0.6 is 0 Å². The van der Waals surface area contributed by atoms with E-state index in [4.69, 9.17) is 29.4 Å². The first-order chi connectivity index (χ1) is 17.4. The van der Waals surface area contributed by atoms with Crippen LogP contribution in [0.2, 0.25) is 0 Å². The number of benzene rings is 1. The molecule has 1 fully saturated rings. The lowest BCUT2D eigenvalue weighted by Gasteiger charge is -2.27. The number of carbonyl (C=O) groups excluding carboxylic acids is 5. The molecule has 2 aliphatic heterocycles. The number of hydrogen-bond acceptors (Lipinski definition) is 10. The number of nitrogens with zero attached hydrogens (tertiary/aromatic N) is 1. The van der Waals surface area contributed by atoms with E-state index in [2.05, 4.69) is 5.32 Å². The van der Waals surface area contributed by atoms with Crippen molar-refractivity contribution in [2.24, 2.45) is 5.73 Å². The topological polar surface area (TPSA) is 173 Å². The van der Waals surface area contributed by atoms with Gasteiger partial charge >= 0.3 is 0 Å².